The minimum Gasteiger partial charge on any atom is -0.457 e. The second-order valence-electron chi connectivity index (χ2n) is 6.43. The van der Waals surface area contributed by atoms with Gasteiger partial charge in [0.1, 0.15) is 11.5 Å². The van der Waals surface area contributed by atoms with Crippen molar-refractivity contribution in [3.63, 3.8) is 0 Å². The Morgan fingerprint density at radius 3 is 2.19 bits per heavy atom. The van der Waals surface area contributed by atoms with Gasteiger partial charge in [0, 0.05) is 11.6 Å². The standard InChI is InChI=1S/C19H25NO/c1-5-17(20)14-10-12-15(13-11-14)21-18-9-7-6-8-16(18)19(2,3)4/h6-13,17H,5,20H2,1-4H3/t17-/m1/s1. The lowest BCUT2D eigenvalue weighted by Gasteiger charge is -2.22. The monoisotopic (exact) mass is 283 g/mol. The fourth-order valence-corrected chi connectivity index (χ4v) is 2.32. The van der Waals surface area contributed by atoms with Gasteiger partial charge in [-0.1, -0.05) is 58.0 Å². The molecule has 0 saturated heterocycles. The Kier molecular flexibility index (Phi) is 4.69. The maximum absolute atomic E-state index is 6.06. The summed E-state index contributed by atoms with van der Waals surface area (Å²) in [6.07, 6.45) is 0.938. The molecule has 112 valence electrons. The highest BCUT2D eigenvalue weighted by atomic mass is 16.5. The van der Waals surface area contributed by atoms with Crippen molar-refractivity contribution in [1.29, 1.82) is 0 Å². The first-order chi connectivity index (χ1) is 9.91. The van der Waals surface area contributed by atoms with E-state index in [1.54, 1.807) is 0 Å². The highest BCUT2D eigenvalue weighted by Crippen LogP contribution is 2.34. The number of hydrogen-bond acceptors (Lipinski definition) is 2. The summed E-state index contributed by atoms with van der Waals surface area (Å²) in [7, 11) is 0. The van der Waals surface area contributed by atoms with E-state index in [0.717, 1.165) is 23.5 Å². The summed E-state index contributed by atoms with van der Waals surface area (Å²) in [4.78, 5) is 0. The van der Waals surface area contributed by atoms with Crippen LogP contribution in [0.2, 0.25) is 0 Å². The summed E-state index contributed by atoms with van der Waals surface area (Å²) in [6.45, 7) is 8.67. The van der Waals surface area contributed by atoms with E-state index >= 15 is 0 Å². The number of rotatable bonds is 4. The molecule has 0 amide bonds. The third-order valence-corrected chi connectivity index (χ3v) is 3.67. The van der Waals surface area contributed by atoms with E-state index in [9.17, 15) is 0 Å². The third kappa shape index (κ3) is 3.85. The molecule has 2 heteroatoms. The summed E-state index contributed by atoms with van der Waals surface area (Å²) in [5, 5.41) is 0. The molecule has 0 bridgehead atoms. The Hall–Kier alpha value is -1.80. The Balaban J connectivity index is 2.23. The summed E-state index contributed by atoms with van der Waals surface area (Å²) < 4.78 is 6.06. The quantitative estimate of drug-likeness (QED) is 0.838. The van der Waals surface area contributed by atoms with Gasteiger partial charge in [-0.2, -0.15) is 0 Å². The van der Waals surface area contributed by atoms with E-state index in [2.05, 4.69) is 39.8 Å². The zero-order valence-corrected chi connectivity index (χ0v) is 13.4. The van der Waals surface area contributed by atoms with E-state index in [0.29, 0.717) is 0 Å². The fourth-order valence-electron chi connectivity index (χ4n) is 2.32. The van der Waals surface area contributed by atoms with Crippen LogP contribution in [0.3, 0.4) is 0 Å². The van der Waals surface area contributed by atoms with Gasteiger partial charge in [0.2, 0.25) is 0 Å². The van der Waals surface area contributed by atoms with Gasteiger partial charge >= 0.3 is 0 Å². The maximum atomic E-state index is 6.06. The average molecular weight is 283 g/mol. The Morgan fingerprint density at radius 1 is 1.00 bits per heavy atom. The van der Waals surface area contributed by atoms with E-state index in [-0.39, 0.29) is 11.5 Å². The summed E-state index contributed by atoms with van der Waals surface area (Å²) in [5.41, 5.74) is 8.45. The predicted molar refractivity (Wildman–Crippen MR) is 88.9 cm³/mol. The molecular formula is C19H25NO. The third-order valence-electron chi connectivity index (χ3n) is 3.67. The van der Waals surface area contributed by atoms with E-state index < -0.39 is 0 Å². The van der Waals surface area contributed by atoms with Gasteiger partial charge in [-0.3, -0.25) is 0 Å². The van der Waals surface area contributed by atoms with Crippen molar-refractivity contribution in [3.8, 4) is 11.5 Å². The van der Waals surface area contributed by atoms with Crippen LogP contribution in [0.4, 0.5) is 0 Å². The lowest BCUT2D eigenvalue weighted by molar-refractivity contribution is 0.455. The molecule has 0 aliphatic rings. The molecule has 0 heterocycles. The summed E-state index contributed by atoms with van der Waals surface area (Å²) in [6, 6.07) is 16.4. The fraction of sp³-hybridized carbons (Fsp3) is 0.368. The number of hydrogen-bond donors (Lipinski definition) is 1. The molecule has 0 spiro atoms. The molecule has 0 saturated carbocycles. The van der Waals surface area contributed by atoms with Gasteiger partial charge in [0.15, 0.2) is 0 Å². The zero-order chi connectivity index (χ0) is 15.5. The van der Waals surface area contributed by atoms with Gasteiger partial charge in [0.05, 0.1) is 0 Å². The maximum Gasteiger partial charge on any atom is 0.131 e. The highest BCUT2D eigenvalue weighted by molar-refractivity contribution is 5.42. The number of nitrogens with two attached hydrogens (primary N) is 1. The first-order valence-electron chi connectivity index (χ1n) is 7.54. The molecule has 2 aromatic rings. The largest absolute Gasteiger partial charge is 0.457 e. The molecule has 1 atom stereocenters. The first-order valence-corrected chi connectivity index (χ1v) is 7.54. The molecule has 2 nitrogen and oxygen atoms in total. The van der Waals surface area contributed by atoms with Gasteiger partial charge < -0.3 is 10.5 Å². The average Bonchev–Trinajstić information content (AvgIpc) is 2.47. The van der Waals surface area contributed by atoms with Crippen molar-refractivity contribution in [1.82, 2.24) is 0 Å². The number of para-hydroxylation sites is 1. The molecule has 21 heavy (non-hydrogen) atoms. The smallest absolute Gasteiger partial charge is 0.131 e. The molecular weight excluding hydrogens is 258 g/mol. The minimum atomic E-state index is 0.0566. The molecule has 2 rings (SSSR count). The summed E-state index contributed by atoms with van der Waals surface area (Å²) >= 11 is 0. The lowest BCUT2D eigenvalue weighted by atomic mass is 9.86. The first kappa shape index (κ1) is 15.6. The Morgan fingerprint density at radius 2 is 1.62 bits per heavy atom. The van der Waals surface area contributed by atoms with Crippen LogP contribution in [-0.2, 0) is 5.41 Å². The molecule has 0 aromatic heterocycles. The molecule has 2 aromatic carbocycles. The number of ether oxygens (including phenoxy) is 1. The van der Waals surface area contributed by atoms with Crippen molar-refractivity contribution >= 4 is 0 Å². The van der Waals surface area contributed by atoms with Crippen LogP contribution in [0.1, 0.15) is 51.3 Å². The van der Waals surface area contributed by atoms with Crippen molar-refractivity contribution < 1.29 is 4.74 Å². The summed E-state index contributed by atoms with van der Waals surface area (Å²) in [5.74, 6) is 1.76. The minimum absolute atomic E-state index is 0.0566. The van der Waals surface area contributed by atoms with Crippen LogP contribution >= 0.6 is 0 Å². The molecule has 0 fully saturated rings. The van der Waals surface area contributed by atoms with Gasteiger partial charge in [0.25, 0.3) is 0 Å². The topological polar surface area (TPSA) is 35.2 Å². The molecule has 0 aliphatic heterocycles. The van der Waals surface area contributed by atoms with Crippen molar-refractivity contribution in [2.75, 3.05) is 0 Å². The van der Waals surface area contributed by atoms with Crippen LogP contribution in [0.25, 0.3) is 0 Å². The predicted octanol–water partition coefficient (Wildman–Crippen LogP) is 5.19. The van der Waals surface area contributed by atoms with Crippen molar-refractivity contribution in [2.24, 2.45) is 5.73 Å². The number of benzene rings is 2. The molecule has 0 aliphatic carbocycles. The van der Waals surface area contributed by atoms with E-state index in [1.807, 2.05) is 36.4 Å². The van der Waals surface area contributed by atoms with Gasteiger partial charge in [-0.25, -0.2) is 0 Å². The normalized spacial score (nSPS) is 13.0. The van der Waals surface area contributed by atoms with Crippen LogP contribution in [0.15, 0.2) is 48.5 Å². The van der Waals surface area contributed by atoms with Crippen molar-refractivity contribution in [3.05, 3.63) is 59.7 Å². The zero-order valence-electron chi connectivity index (χ0n) is 13.4. The van der Waals surface area contributed by atoms with Crippen LogP contribution < -0.4 is 10.5 Å². The van der Waals surface area contributed by atoms with Crippen LogP contribution in [0, 0.1) is 0 Å². The SMILES string of the molecule is CC[C@@H](N)c1ccc(Oc2ccccc2C(C)(C)C)cc1. The molecule has 2 N–H and O–H groups in total. The van der Waals surface area contributed by atoms with Crippen LogP contribution in [0.5, 0.6) is 11.5 Å². The van der Waals surface area contributed by atoms with E-state index in [1.165, 1.54) is 5.56 Å². The lowest BCUT2D eigenvalue weighted by Crippen LogP contribution is -2.12. The van der Waals surface area contributed by atoms with Gasteiger partial charge in [-0.15, -0.1) is 0 Å². The molecule has 0 unspecified atom stereocenters. The molecule has 0 radical (unpaired) electrons. The van der Waals surface area contributed by atoms with Crippen LogP contribution in [-0.4, -0.2) is 0 Å². The highest BCUT2D eigenvalue weighted by Gasteiger charge is 2.18. The Bertz CT molecular complexity index is 581. The second kappa shape index (κ2) is 6.31. The van der Waals surface area contributed by atoms with E-state index in [4.69, 9.17) is 10.5 Å². The van der Waals surface area contributed by atoms with Crippen molar-refractivity contribution in [2.45, 2.75) is 45.6 Å². The second-order valence-corrected chi connectivity index (χ2v) is 6.43. The van der Waals surface area contributed by atoms with Gasteiger partial charge in [-0.05, 0) is 35.6 Å². The Labute approximate surface area is 127 Å².